The number of benzene rings is 5. The summed E-state index contributed by atoms with van der Waals surface area (Å²) >= 11 is 1.87. The molecule has 0 aliphatic carbocycles. The lowest BCUT2D eigenvalue weighted by atomic mass is 9.98. The zero-order chi connectivity index (χ0) is 22.2. The first-order valence-electron chi connectivity index (χ1n) is 11.3. The average molecular weight is 452 g/mol. The van der Waals surface area contributed by atoms with E-state index in [9.17, 15) is 0 Å². The summed E-state index contributed by atoms with van der Waals surface area (Å²) in [6.07, 6.45) is 3.47. The van der Waals surface area contributed by atoms with Crippen molar-refractivity contribution in [2.24, 2.45) is 0 Å². The third kappa shape index (κ3) is 2.25. The van der Waals surface area contributed by atoms with Crippen LogP contribution in [0.25, 0.3) is 69.3 Å². The Balaban J connectivity index is 1.79. The van der Waals surface area contributed by atoms with Crippen LogP contribution in [-0.2, 0) is 0 Å². The number of thiophene rings is 1. The van der Waals surface area contributed by atoms with Crippen LogP contribution in [0.15, 0.2) is 104 Å². The van der Waals surface area contributed by atoms with E-state index in [1.807, 2.05) is 23.6 Å². The first-order chi connectivity index (χ1) is 16.9. The Hall–Kier alpha value is -4.28. The van der Waals surface area contributed by atoms with Crippen molar-refractivity contribution in [2.75, 3.05) is 0 Å². The molecule has 4 heteroatoms. The maximum atomic E-state index is 4.73. The maximum absolute atomic E-state index is 4.73. The highest BCUT2D eigenvalue weighted by Crippen LogP contribution is 2.48. The molecule has 158 valence electrons. The molecule has 3 nitrogen and oxygen atoms in total. The second-order valence-corrected chi connectivity index (χ2v) is 9.71. The largest absolute Gasteiger partial charge is 0.292 e. The lowest BCUT2D eigenvalue weighted by molar-refractivity contribution is 1.04. The van der Waals surface area contributed by atoms with Gasteiger partial charge in [0.1, 0.15) is 12.1 Å². The minimum absolute atomic E-state index is 0.889. The molecule has 3 aromatic heterocycles. The SMILES string of the molecule is c1ccc2c(c1)ccc1c3c4ccccc4c4c5ccccc5sc4c3n(-c3ccncn3)c21. The van der Waals surface area contributed by atoms with E-state index in [1.165, 1.54) is 63.5 Å². The fourth-order valence-electron chi connectivity index (χ4n) is 5.58. The molecular weight excluding hydrogens is 434 g/mol. The third-order valence-corrected chi connectivity index (χ3v) is 8.10. The predicted molar refractivity (Wildman–Crippen MR) is 144 cm³/mol. The second-order valence-electron chi connectivity index (χ2n) is 8.66. The number of nitrogens with zero attached hydrogens (tertiary/aromatic N) is 3. The van der Waals surface area contributed by atoms with Gasteiger partial charge in [-0.1, -0.05) is 78.9 Å². The molecule has 0 amide bonds. The molecular formula is C30H17N3S. The Kier molecular flexibility index (Phi) is 3.54. The molecule has 3 heterocycles. The van der Waals surface area contributed by atoms with E-state index < -0.39 is 0 Å². The van der Waals surface area contributed by atoms with Gasteiger partial charge in [0.05, 0.1) is 15.7 Å². The Morgan fingerprint density at radius 1 is 0.588 bits per heavy atom. The molecule has 0 saturated heterocycles. The zero-order valence-electron chi connectivity index (χ0n) is 18.1. The molecule has 0 radical (unpaired) electrons. The van der Waals surface area contributed by atoms with Crippen LogP contribution < -0.4 is 0 Å². The molecule has 0 spiro atoms. The van der Waals surface area contributed by atoms with Gasteiger partial charge >= 0.3 is 0 Å². The van der Waals surface area contributed by atoms with E-state index in [1.54, 1.807) is 6.33 Å². The van der Waals surface area contributed by atoms with Crippen LogP contribution in [0, 0.1) is 0 Å². The Bertz CT molecular complexity index is 2070. The first-order valence-corrected chi connectivity index (χ1v) is 12.2. The Labute approximate surface area is 198 Å². The van der Waals surface area contributed by atoms with Crippen molar-refractivity contribution in [3.63, 3.8) is 0 Å². The highest BCUT2D eigenvalue weighted by molar-refractivity contribution is 7.27. The zero-order valence-corrected chi connectivity index (χ0v) is 18.9. The van der Waals surface area contributed by atoms with Crippen LogP contribution in [0.4, 0.5) is 0 Å². The van der Waals surface area contributed by atoms with E-state index in [0.29, 0.717) is 0 Å². The van der Waals surface area contributed by atoms with Gasteiger partial charge in [-0.05, 0) is 28.3 Å². The monoisotopic (exact) mass is 451 g/mol. The smallest absolute Gasteiger partial charge is 0.141 e. The summed E-state index contributed by atoms with van der Waals surface area (Å²) in [6, 6.07) is 32.7. The first kappa shape index (κ1) is 18.2. The minimum Gasteiger partial charge on any atom is -0.292 e. The van der Waals surface area contributed by atoms with Crippen molar-refractivity contribution in [3.05, 3.63) is 104 Å². The molecule has 0 bridgehead atoms. The van der Waals surface area contributed by atoms with E-state index in [0.717, 1.165) is 5.82 Å². The van der Waals surface area contributed by atoms with Gasteiger partial charge in [0.15, 0.2) is 0 Å². The van der Waals surface area contributed by atoms with E-state index in [2.05, 4.69) is 94.5 Å². The van der Waals surface area contributed by atoms with Crippen LogP contribution in [0.2, 0.25) is 0 Å². The molecule has 0 N–H and O–H groups in total. The van der Waals surface area contributed by atoms with Gasteiger partial charge < -0.3 is 0 Å². The Morgan fingerprint density at radius 2 is 1.32 bits per heavy atom. The van der Waals surface area contributed by atoms with Crippen LogP contribution >= 0.6 is 11.3 Å². The molecule has 5 aromatic carbocycles. The molecule has 0 aliphatic rings. The number of hydrogen-bond acceptors (Lipinski definition) is 3. The second kappa shape index (κ2) is 6.62. The number of hydrogen-bond donors (Lipinski definition) is 0. The van der Waals surface area contributed by atoms with Crippen molar-refractivity contribution >= 4 is 74.9 Å². The summed E-state index contributed by atoms with van der Waals surface area (Å²) in [6.45, 7) is 0. The maximum Gasteiger partial charge on any atom is 0.141 e. The minimum atomic E-state index is 0.889. The summed E-state index contributed by atoms with van der Waals surface area (Å²) in [5.41, 5.74) is 2.42. The fourth-order valence-corrected chi connectivity index (χ4v) is 6.84. The normalized spacial score (nSPS) is 12.1. The van der Waals surface area contributed by atoms with Gasteiger partial charge in [-0.25, -0.2) is 9.97 Å². The molecule has 0 aliphatic heterocycles. The van der Waals surface area contributed by atoms with Gasteiger partial charge in [-0.3, -0.25) is 4.57 Å². The van der Waals surface area contributed by atoms with Crippen LogP contribution in [0.5, 0.6) is 0 Å². The Morgan fingerprint density at radius 3 is 2.15 bits per heavy atom. The third-order valence-electron chi connectivity index (χ3n) is 6.93. The van der Waals surface area contributed by atoms with Gasteiger partial charge in [-0.2, -0.15) is 0 Å². The number of fused-ring (bicyclic) bond motifs is 12. The standard InChI is InChI=1S/C30H17N3S/c1-2-8-19-18(7-1)13-14-23-26-20-9-3-4-10-21(20)27-22-11-5-6-12-24(22)34-30(27)29(26)33(28(19)23)25-15-16-31-17-32-25/h1-17H. The van der Waals surface area contributed by atoms with Gasteiger partial charge in [0.2, 0.25) is 0 Å². The number of aromatic nitrogens is 3. The highest BCUT2D eigenvalue weighted by atomic mass is 32.1. The van der Waals surface area contributed by atoms with Crippen molar-refractivity contribution < 1.29 is 0 Å². The molecule has 0 unspecified atom stereocenters. The van der Waals surface area contributed by atoms with Crippen LogP contribution in [-0.4, -0.2) is 14.5 Å². The molecule has 34 heavy (non-hydrogen) atoms. The highest BCUT2D eigenvalue weighted by Gasteiger charge is 2.23. The van der Waals surface area contributed by atoms with Crippen molar-refractivity contribution in [2.45, 2.75) is 0 Å². The molecule has 8 aromatic rings. The van der Waals surface area contributed by atoms with Crippen molar-refractivity contribution in [1.82, 2.24) is 14.5 Å². The summed E-state index contributed by atoms with van der Waals surface area (Å²) in [4.78, 5) is 8.93. The van der Waals surface area contributed by atoms with Gasteiger partial charge in [0, 0.05) is 37.8 Å². The lowest BCUT2D eigenvalue weighted by Gasteiger charge is -2.10. The van der Waals surface area contributed by atoms with Gasteiger partial charge in [-0.15, -0.1) is 11.3 Å². The summed E-state index contributed by atoms with van der Waals surface area (Å²) in [5, 5.41) is 10.2. The van der Waals surface area contributed by atoms with Crippen LogP contribution in [0.3, 0.4) is 0 Å². The lowest BCUT2D eigenvalue weighted by Crippen LogP contribution is -1.98. The quantitative estimate of drug-likeness (QED) is 0.251. The molecule has 0 saturated carbocycles. The summed E-state index contributed by atoms with van der Waals surface area (Å²) < 4.78 is 4.96. The van der Waals surface area contributed by atoms with Crippen LogP contribution in [0.1, 0.15) is 0 Å². The fraction of sp³-hybridized carbons (Fsp3) is 0. The van der Waals surface area contributed by atoms with Gasteiger partial charge in [0.25, 0.3) is 0 Å². The van der Waals surface area contributed by atoms with E-state index >= 15 is 0 Å². The number of rotatable bonds is 1. The molecule has 0 atom stereocenters. The summed E-state index contributed by atoms with van der Waals surface area (Å²) in [7, 11) is 0. The molecule has 0 fully saturated rings. The van der Waals surface area contributed by atoms with E-state index in [-0.39, 0.29) is 0 Å². The molecule has 8 rings (SSSR count). The average Bonchev–Trinajstić information content (AvgIpc) is 3.46. The van der Waals surface area contributed by atoms with Crippen molar-refractivity contribution in [3.8, 4) is 5.82 Å². The predicted octanol–water partition coefficient (Wildman–Crippen LogP) is 8.25. The summed E-state index contributed by atoms with van der Waals surface area (Å²) in [5.74, 6) is 0.889. The van der Waals surface area contributed by atoms with Crippen molar-refractivity contribution in [1.29, 1.82) is 0 Å². The topological polar surface area (TPSA) is 30.7 Å². The van der Waals surface area contributed by atoms with E-state index in [4.69, 9.17) is 4.98 Å².